The molecule has 1 aliphatic carbocycles. The summed E-state index contributed by atoms with van der Waals surface area (Å²) in [6.07, 6.45) is 3.95. The zero-order valence-corrected chi connectivity index (χ0v) is 13.8. The molecule has 2 unspecified atom stereocenters. The molecular formula is C17H25ClN2O. The van der Waals surface area contributed by atoms with Crippen LogP contribution in [0.15, 0.2) is 24.3 Å². The van der Waals surface area contributed by atoms with Crippen LogP contribution in [-0.2, 0) is 4.79 Å². The molecule has 1 fully saturated rings. The van der Waals surface area contributed by atoms with Crippen LogP contribution >= 0.6 is 11.6 Å². The summed E-state index contributed by atoms with van der Waals surface area (Å²) in [5.41, 5.74) is 6.02. The first-order valence-corrected chi connectivity index (χ1v) is 7.97. The summed E-state index contributed by atoms with van der Waals surface area (Å²) in [7, 11) is 0. The Morgan fingerprint density at radius 1 is 1.38 bits per heavy atom. The number of halogens is 1. The van der Waals surface area contributed by atoms with Gasteiger partial charge >= 0.3 is 0 Å². The number of carbonyl (C=O) groups is 1. The van der Waals surface area contributed by atoms with E-state index in [9.17, 15) is 4.79 Å². The van der Waals surface area contributed by atoms with Crippen molar-refractivity contribution >= 4 is 23.2 Å². The van der Waals surface area contributed by atoms with Gasteiger partial charge in [-0.2, -0.15) is 0 Å². The van der Waals surface area contributed by atoms with Crippen molar-refractivity contribution in [2.45, 2.75) is 52.0 Å². The van der Waals surface area contributed by atoms with Crippen LogP contribution in [0.5, 0.6) is 0 Å². The van der Waals surface area contributed by atoms with Gasteiger partial charge < -0.3 is 11.1 Å². The molecule has 1 aliphatic rings. The third-order valence-corrected chi connectivity index (χ3v) is 4.82. The van der Waals surface area contributed by atoms with Gasteiger partial charge in [0.15, 0.2) is 0 Å². The Kier molecular flexibility index (Phi) is 4.52. The molecule has 0 aromatic heterocycles. The smallest absolute Gasteiger partial charge is 0.243 e. The first kappa shape index (κ1) is 16.2. The zero-order valence-electron chi connectivity index (χ0n) is 13.1. The fourth-order valence-corrected chi connectivity index (χ4v) is 3.87. The minimum Gasteiger partial charge on any atom is -0.371 e. The van der Waals surface area contributed by atoms with Crippen LogP contribution in [0.4, 0.5) is 5.69 Å². The Morgan fingerprint density at radius 2 is 2.10 bits per heavy atom. The largest absolute Gasteiger partial charge is 0.371 e. The van der Waals surface area contributed by atoms with E-state index in [1.54, 1.807) is 0 Å². The molecule has 1 saturated carbocycles. The number of amides is 1. The number of primary amides is 1. The Bertz CT molecular complexity index is 524. The topological polar surface area (TPSA) is 55.1 Å². The van der Waals surface area contributed by atoms with E-state index >= 15 is 0 Å². The third kappa shape index (κ3) is 3.34. The molecule has 116 valence electrons. The van der Waals surface area contributed by atoms with Crippen molar-refractivity contribution in [2.75, 3.05) is 5.32 Å². The van der Waals surface area contributed by atoms with Gasteiger partial charge in [-0.05, 0) is 42.4 Å². The Hall–Kier alpha value is -1.22. The van der Waals surface area contributed by atoms with Crippen LogP contribution in [0.1, 0.15) is 46.5 Å². The summed E-state index contributed by atoms with van der Waals surface area (Å²) in [6, 6.07) is 7.49. The highest BCUT2D eigenvalue weighted by atomic mass is 35.5. The van der Waals surface area contributed by atoms with E-state index in [2.05, 4.69) is 26.1 Å². The maximum absolute atomic E-state index is 12.3. The summed E-state index contributed by atoms with van der Waals surface area (Å²) in [6.45, 7) is 6.54. The molecule has 0 aliphatic heterocycles. The van der Waals surface area contributed by atoms with E-state index < -0.39 is 5.54 Å². The number of carbonyl (C=O) groups excluding carboxylic acids is 1. The van der Waals surface area contributed by atoms with E-state index in [0.29, 0.717) is 5.02 Å². The van der Waals surface area contributed by atoms with Crippen LogP contribution in [0, 0.1) is 11.3 Å². The minimum atomic E-state index is -0.693. The van der Waals surface area contributed by atoms with Gasteiger partial charge in [-0.15, -0.1) is 0 Å². The molecular weight excluding hydrogens is 284 g/mol. The standard InChI is InChI=1S/C17H25ClN2O/c1-16(2,3)14-9-4-5-10-17(14,15(19)21)20-13-8-6-7-12(18)11-13/h6-8,11,14,20H,4-5,9-10H2,1-3H3,(H2,19,21). The summed E-state index contributed by atoms with van der Waals surface area (Å²) < 4.78 is 0. The molecule has 2 rings (SSSR count). The number of hydrogen-bond donors (Lipinski definition) is 2. The molecule has 2 atom stereocenters. The molecule has 0 spiro atoms. The second-order valence-electron chi connectivity index (χ2n) is 7.14. The quantitative estimate of drug-likeness (QED) is 0.878. The average molecular weight is 309 g/mol. The van der Waals surface area contributed by atoms with E-state index in [1.165, 1.54) is 0 Å². The summed E-state index contributed by atoms with van der Waals surface area (Å²) >= 11 is 6.06. The van der Waals surface area contributed by atoms with Crippen molar-refractivity contribution in [1.29, 1.82) is 0 Å². The van der Waals surface area contributed by atoms with Gasteiger partial charge in [0.25, 0.3) is 0 Å². The normalized spacial score (nSPS) is 26.4. The predicted octanol–water partition coefficient (Wildman–Crippen LogP) is 4.21. The van der Waals surface area contributed by atoms with Crippen LogP contribution in [0.3, 0.4) is 0 Å². The lowest BCUT2D eigenvalue weighted by Crippen LogP contribution is -2.60. The molecule has 3 nitrogen and oxygen atoms in total. The molecule has 0 bridgehead atoms. The Balaban J connectivity index is 2.40. The number of anilines is 1. The van der Waals surface area contributed by atoms with Gasteiger partial charge in [0.2, 0.25) is 5.91 Å². The molecule has 4 heteroatoms. The molecule has 1 amide bonds. The fourth-order valence-electron chi connectivity index (χ4n) is 3.68. The van der Waals surface area contributed by atoms with Crippen molar-refractivity contribution in [3.8, 4) is 0 Å². The van der Waals surface area contributed by atoms with E-state index in [0.717, 1.165) is 31.4 Å². The number of hydrogen-bond acceptors (Lipinski definition) is 2. The second kappa shape index (κ2) is 5.88. The lowest BCUT2D eigenvalue weighted by atomic mass is 9.61. The van der Waals surface area contributed by atoms with Crippen molar-refractivity contribution in [1.82, 2.24) is 0 Å². The number of nitrogens with two attached hydrogens (primary N) is 1. The molecule has 21 heavy (non-hydrogen) atoms. The van der Waals surface area contributed by atoms with E-state index in [1.807, 2.05) is 24.3 Å². The summed E-state index contributed by atoms with van der Waals surface area (Å²) in [4.78, 5) is 12.3. The molecule has 0 saturated heterocycles. The lowest BCUT2D eigenvalue weighted by molar-refractivity contribution is -0.127. The minimum absolute atomic E-state index is 0.0149. The van der Waals surface area contributed by atoms with Gasteiger partial charge in [0, 0.05) is 10.7 Å². The highest BCUT2D eigenvalue weighted by Crippen LogP contribution is 2.46. The van der Waals surface area contributed by atoms with Crippen LogP contribution in [0.2, 0.25) is 5.02 Å². The Labute approximate surface area is 132 Å². The summed E-state index contributed by atoms with van der Waals surface area (Å²) in [5, 5.41) is 4.09. The summed E-state index contributed by atoms with van der Waals surface area (Å²) in [5.74, 6) is -0.0580. The van der Waals surface area contributed by atoms with Crippen molar-refractivity contribution < 1.29 is 4.79 Å². The van der Waals surface area contributed by atoms with Gasteiger partial charge in [0.1, 0.15) is 5.54 Å². The third-order valence-electron chi connectivity index (χ3n) is 4.59. The molecule has 3 N–H and O–H groups in total. The maximum atomic E-state index is 12.3. The van der Waals surface area contributed by atoms with Crippen LogP contribution < -0.4 is 11.1 Å². The average Bonchev–Trinajstić information content (AvgIpc) is 2.37. The SMILES string of the molecule is CC(C)(C)C1CCCCC1(Nc1cccc(Cl)c1)C(N)=O. The fraction of sp³-hybridized carbons (Fsp3) is 0.588. The highest BCUT2D eigenvalue weighted by molar-refractivity contribution is 6.30. The van der Waals surface area contributed by atoms with E-state index in [-0.39, 0.29) is 17.2 Å². The monoisotopic (exact) mass is 308 g/mol. The number of benzene rings is 1. The number of rotatable bonds is 3. The molecule has 0 heterocycles. The van der Waals surface area contributed by atoms with Gasteiger partial charge in [-0.25, -0.2) is 0 Å². The van der Waals surface area contributed by atoms with Crippen molar-refractivity contribution in [3.05, 3.63) is 29.3 Å². The maximum Gasteiger partial charge on any atom is 0.243 e. The van der Waals surface area contributed by atoms with Crippen molar-refractivity contribution in [2.24, 2.45) is 17.1 Å². The van der Waals surface area contributed by atoms with Gasteiger partial charge in [-0.1, -0.05) is 51.3 Å². The van der Waals surface area contributed by atoms with Crippen LogP contribution in [0.25, 0.3) is 0 Å². The Morgan fingerprint density at radius 3 is 2.67 bits per heavy atom. The second-order valence-corrected chi connectivity index (χ2v) is 7.57. The predicted molar refractivity (Wildman–Crippen MR) is 88.4 cm³/mol. The van der Waals surface area contributed by atoms with Crippen LogP contribution in [-0.4, -0.2) is 11.4 Å². The first-order valence-electron chi connectivity index (χ1n) is 7.59. The van der Waals surface area contributed by atoms with Gasteiger partial charge in [0.05, 0.1) is 0 Å². The molecule has 0 radical (unpaired) electrons. The first-order chi connectivity index (χ1) is 9.75. The van der Waals surface area contributed by atoms with E-state index in [4.69, 9.17) is 17.3 Å². The lowest BCUT2D eigenvalue weighted by Gasteiger charge is -2.49. The van der Waals surface area contributed by atoms with Crippen molar-refractivity contribution in [3.63, 3.8) is 0 Å². The zero-order chi connectivity index (χ0) is 15.7. The number of nitrogens with one attached hydrogen (secondary N) is 1. The highest BCUT2D eigenvalue weighted by Gasteiger charge is 2.50. The van der Waals surface area contributed by atoms with Gasteiger partial charge in [-0.3, -0.25) is 4.79 Å². The molecule has 1 aromatic carbocycles. The molecule has 1 aromatic rings.